The van der Waals surface area contributed by atoms with Crippen molar-refractivity contribution in [1.82, 2.24) is 0 Å². The van der Waals surface area contributed by atoms with Gasteiger partial charge in [0.1, 0.15) is 0 Å². The fraction of sp³-hybridized carbons (Fsp3) is 0.300. The van der Waals surface area contributed by atoms with Gasteiger partial charge in [-0.2, -0.15) is 0 Å². The number of carbonyl (C=O) groups is 2. The molecule has 126 valence electrons. The number of carboxylic acid groups (broad SMARTS) is 2. The van der Waals surface area contributed by atoms with Crippen molar-refractivity contribution in [3.05, 3.63) is 70.8 Å². The first kappa shape index (κ1) is 17.7. The fourth-order valence-corrected chi connectivity index (χ4v) is 2.78. The lowest BCUT2D eigenvalue weighted by Crippen LogP contribution is -2.40. The number of benzene rings is 2. The number of rotatable bonds is 5. The first-order chi connectivity index (χ1) is 11.1. The van der Waals surface area contributed by atoms with Gasteiger partial charge in [0, 0.05) is 0 Å². The molecule has 2 aromatic rings. The highest BCUT2D eigenvalue weighted by Gasteiger charge is 2.39. The predicted molar refractivity (Wildman–Crippen MR) is 92.9 cm³/mol. The molecule has 2 aromatic carbocycles. The Kier molecular flexibility index (Phi) is 4.52. The van der Waals surface area contributed by atoms with Gasteiger partial charge in [-0.25, -0.2) is 9.59 Å². The average molecular weight is 326 g/mol. The molecule has 0 bridgehead atoms. The fourth-order valence-electron chi connectivity index (χ4n) is 2.78. The van der Waals surface area contributed by atoms with Crippen LogP contribution in [0.5, 0.6) is 0 Å². The van der Waals surface area contributed by atoms with Crippen LogP contribution in [0.4, 0.5) is 0 Å². The quantitative estimate of drug-likeness (QED) is 0.857. The van der Waals surface area contributed by atoms with Crippen molar-refractivity contribution in [3.63, 3.8) is 0 Å². The molecule has 4 nitrogen and oxygen atoms in total. The predicted octanol–water partition coefficient (Wildman–Crippen LogP) is 4.34. The van der Waals surface area contributed by atoms with Gasteiger partial charge in [0.25, 0.3) is 0 Å². The van der Waals surface area contributed by atoms with Gasteiger partial charge in [-0.3, -0.25) is 0 Å². The minimum Gasteiger partial charge on any atom is -0.478 e. The third kappa shape index (κ3) is 3.04. The van der Waals surface area contributed by atoms with E-state index < -0.39 is 11.9 Å². The van der Waals surface area contributed by atoms with Gasteiger partial charge in [0.2, 0.25) is 0 Å². The van der Waals surface area contributed by atoms with Gasteiger partial charge < -0.3 is 10.2 Å². The molecule has 2 N–H and O–H groups in total. The lowest BCUT2D eigenvalue weighted by atomic mass is 9.61. The van der Waals surface area contributed by atoms with Crippen molar-refractivity contribution in [3.8, 4) is 0 Å². The highest BCUT2D eigenvalue weighted by atomic mass is 16.4. The maximum Gasteiger partial charge on any atom is 0.335 e. The van der Waals surface area contributed by atoms with E-state index in [2.05, 4.69) is 27.7 Å². The Labute approximate surface area is 141 Å². The van der Waals surface area contributed by atoms with Crippen molar-refractivity contribution in [1.29, 1.82) is 0 Å². The van der Waals surface area contributed by atoms with Crippen LogP contribution in [-0.4, -0.2) is 22.2 Å². The third-order valence-electron chi connectivity index (χ3n) is 5.27. The molecule has 0 aliphatic rings. The molecule has 0 saturated carbocycles. The third-order valence-corrected chi connectivity index (χ3v) is 5.27. The highest BCUT2D eigenvalue weighted by Crippen LogP contribution is 2.43. The van der Waals surface area contributed by atoms with Crippen LogP contribution in [0.25, 0.3) is 0 Å². The van der Waals surface area contributed by atoms with Crippen LogP contribution < -0.4 is 0 Å². The largest absolute Gasteiger partial charge is 0.478 e. The Balaban J connectivity index is 2.41. The summed E-state index contributed by atoms with van der Waals surface area (Å²) in [5.41, 5.74) is 2.01. The van der Waals surface area contributed by atoms with E-state index in [4.69, 9.17) is 10.2 Å². The van der Waals surface area contributed by atoms with Crippen LogP contribution in [0.3, 0.4) is 0 Å². The van der Waals surface area contributed by atoms with Gasteiger partial charge in [-0.05, 0) is 46.2 Å². The molecule has 0 aliphatic carbocycles. The van der Waals surface area contributed by atoms with Gasteiger partial charge >= 0.3 is 11.9 Å². The van der Waals surface area contributed by atoms with Crippen LogP contribution in [0, 0.1) is 0 Å². The summed E-state index contributed by atoms with van der Waals surface area (Å²) in [5, 5.41) is 18.1. The molecule has 4 heteroatoms. The number of hydrogen-bond acceptors (Lipinski definition) is 2. The summed E-state index contributed by atoms with van der Waals surface area (Å²) >= 11 is 0. The van der Waals surface area contributed by atoms with E-state index in [1.807, 2.05) is 24.3 Å². The van der Waals surface area contributed by atoms with Gasteiger partial charge in [0.05, 0.1) is 11.1 Å². The molecule has 2 rings (SSSR count). The zero-order valence-corrected chi connectivity index (χ0v) is 14.3. The van der Waals surface area contributed by atoms with Crippen LogP contribution in [-0.2, 0) is 10.8 Å². The topological polar surface area (TPSA) is 74.6 Å². The van der Waals surface area contributed by atoms with E-state index in [9.17, 15) is 9.59 Å². The molecule has 24 heavy (non-hydrogen) atoms. The van der Waals surface area contributed by atoms with Crippen molar-refractivity contribution < 1.29 is 19.8 Å². The minimum atomic E-state index is -0.942. The molecule has 0 fully saturated rings. The Bertz CT molecular complexity index is 686. The maximum atomic E-state index is 11.0. The van der Waals surface area contributed by atoms with E-state index in [1.54, 1.807) is 24.3 Å². The number of hydrogen-bond donors (Lipinski definition) is 2. The maximum absolute atomic E-state index is 11.0. The molecule has 0 aliphatic heterocycles. The summed E-state index contributed by atoms with van der Waals surface area (Å²) < 4.78 is 0. The van der Waals surface area contributed by atoms with E-state index in [0.717, 1.165) is 11.1 Å². The average Bonchev–Trinajstić information content (AvgIpc) is 2.54. The van der Waals surface area contributed by atoms with Gasteiger partial charge in [0.15, 0.2) is 0 Å². The second-order valence-electron chi connectivity index (χ2n) is 7.02. The number of carboxylic acids is 2. The van der Waals surface area contributed by atoms with Gasteiger partial charge in [-0.15, -0.1) is 0 Å². The molecular weight excluding hydrogens is 304 g/mol. The lowest BCUT2D eigenvalue weighted by Gasteiger charge is -2.43. The van der Waals surface area contributed by atoms with Crippen LogP contribution in [0.15, 0.2) is 48.5 Å². The van der Waals surface area contributed by atoms with Crippen LogP contribution in [0.1, 0.15) is 59.5 Å². The molecule has 0 atom stereocenters. The van der Waals surface area contributed by atoms with Crippen LogP contribution in [0.2, 0.25) is 0 Å². The monoisotopic (exact) mass is 326 g/mol. The Morgan fingerprint density at radius 2 is 0.875 bits per heavy atom. The SMILES string of the molecule is CC(C)(c1ccc(C(=O)O)cc1)C(C)(C)c1ccc(C(=O)O)cc1. The molecule has 0 spiro atoms. The standard InChI is InChI=1S/C20H22O4/c1-19(2,15-9-5-13(6-10-15)17(21)22)20(3,4)16-11-7-14(8-12-16)18(23)24/h5-12H,1-4H3,(H,21,22)(H,23,24). The normalized spacial score (nSPS) is 12.0. The summed E-state index contributed by atoms with van der Waals surface area (Å²) in [4.78, 5) is 22.0. The Hall–Kier alpha value is -2.62. The summed E-state index contributed by atoms with van der Waals surface area (Å²) in [6.45, 7) is 8.42. The smallest absolute Gasteiger partial charge is 0.335 e. The second-order valence-corrected chi connectivity index (χ2v) is 7.02. The summed E-state index contributed by atoms with van der Waals surface area (Å²) in [6, 6.07) is 13.8. The Morgan fingerprint density at radius 1 is 0.625 bits per heavy atom. The zero-order valence-electron chi connectivity index (χ0n) is 14.3. The van der Waals surface area contributed by atoms with E-state index in [0.29, 0.717) is 0 Å². The van der Waals surface area contributed by atoms with Crippen molar-refractivity contribution in [2.45, 2.75) is 38.5 Å². The van der Waals surface area contributed by atoms with Gasteiger partial charge in [-0.1, -0.05) is 52.0 Å². The second kappa shape index (κ2) is 6.11. The van der Waals surface area contributed by atoms with Crippen molar-refractivity contribution >= 4 is 11.9 Å². The molecule has 0 aromatic heterocycles. The summed E-state index contributed by atoms with van der Waals surface area (Å²) in [7, 11) is 0. The molecular formula is C20H22O4. The highest BCUT2D eigenvalue weighted by molar-refractivity contribution is 5.88. The number of aromatic carboxylic acids is 2. The first-order valence-electron chi connectivity index (χ1n) is 7.75. The molecule has 0 saturated heterocycles. The van der Waals surface area contributed by atoms with Crippen molar-refractivity contribution in [2.75, 3.05) is 0 Å². The summed E-state index contributed by atoms with van der Waals surface area (Å²) in [5.74, 6) is -1.88. The van der Waals surface area contributed by atoms with E-state index in [-0.39, 0.29) is 22.0 Å². The minimum absolute atomic E-state index is 0.262. The molecule has 0 heterocycles. The molecule has 0 radical (unpaired) electrons. The molecule has 0 unspecified atom stereocenters. The first-order valence-corrected chi connectivity index (χ1v) is 7.75. The van der Waals surface area contributed by atoms with Crippen molar-refractivity contribution in [2.24, 2.45) is 0 Å². The van der Waals surface area contributed by atoms with E-state index >= 15 is 0 Å². The molecule has 0 amide bonds. The summed E-state index contributed by atoms with van der Waals surface area (Å²) in [6.07, 6.45) is 0. The van der Waals surface area contributed by atoms with E-state index in [1.165, 1.54) is 0 Å². The Morgan fingerprint density at radius 3 is 1.08 bits per heavy atom. The van der Waals surface area contributed by atoms with Crippen LogP contribution >= 0.6 is 0 Å². The zero-order chi connectivity index (χ0) is 18.1. The lowest BCUT2D eigenvalue weighted by molar-refractivity contribution is 0.0686.